The summed E-state index contributed by atoms with van der Waals surface area (Å²) >= 11 is 0. The SMILES string of the molecule is CC(=O)OCC1(CCC(=O)O)C2=CCC3(C)C(C(C)C4CC=C(C)C(=O)O4)CCC3(C)C2=CCC1C(C)(C)O. The highest BCUT2D eigenvalue weighted by Gasteiger charge is 2.63. The van der Waals surface area contributed by atoms with E-state index in [1.807, 2.05) is 6.08 Å². The van der Waals surface area contributed by atoms with Gasteiger partial charge < -0.3 is 19.7 Å². The zero-order valence-electron chi connectivity index (χ0n) is 24.6. The lowest BCUT2D eigenvalue weighted by Crippen LogP contribution is -2.54. The molecule has 4 aliphatic rings. The third-order valence-corrected chi connectivity index (χ3v) is 11.0. The molecule has 7 nitrogen and oxygen atoms in total. The fraction of sp³-hybridized carbons (Fsp3) is 0.719. The molecular formula is C32H46O7. The number of aliphatic hydroxyl groups is 1. The number of carboxylic acids is 1. The summed E-state index contributed by atoms with van der Waals surface area (Å²) in [6.45, 7) is 13.6. The number of carbonyl (C=O) groups excluding carboxylic acids is 2. The predicted molar refractivity (Wildman–Crippen MR) is 147 cm³/mol. The average molecular weight is 543 g/mol. The van der Waals surface area contributed by atoms with Crippen molar-refractivity contribution in [3.8, 4) is 0 Å². The first-order valence-electron chi connectivity index (χ1n) is 14.4. The molecule has 4 rings (SSSR count). The van der Waals surface area contributed by atoms with Crippen LogP contribution in [0, 0.1) is 34.0 Å². The van der Waals surface area contributed by atoms with Gasteiger partial charge in [-0.25, -0.2) is 4.79 Å². The van der Waals surface area contributed by atoms with Gasteiger partial charge in [0.1, 0.15) is 12.7 Å². The lowest BCUT2D eigenvalue weighted by atomic mass is 9.47. The summed E-state index contributed by atoms with van der Waals surface area (Å²) in [6.07, 6.45) is 10.6. The fourth-order valence-electron chi connectivity index (χ4n) is 8.62. The van der Waals surface area contributed by atoms with E-state index in [-0.39, 0.29) is 54.2 Å². The van der Waals surface area contributed by atoms with Gasteiger partial charge in [-0.1, -0.05) is 39.0 Å². The largest absolute Gasteiger partial charge is 0.481 e. The summed E-state index contributed by atoms with van der Waals surface area (Å²) in [7, 11) is 0. The molecule has 0 spiro atoms. The van der Waals surface area contributed by atoms with Crippen LogP contribution in [0.3, 0.4) is 0 Å². The van der Waals surface area contributed by atoms with E-state index in [1.54, 1.807) is 20.8 Å². The smallest absolute Gasteiger partial charge is 0.333 e. The minimum Gasteiger partial charge on any atom is -0.481 e. The highest BCUT2D eigenvalue weighted by molar-refractivity contribution is 5.88. The molecule has 0 bridgehead atoms. The second kappa shape index (κ2) is 10.2. The van der Waals surface area contributed by atoms with Gasteiger partial charge in [-0.05, 0) is 86.7 Å². The van der Waals surface area contributed by atoms with Gasteiger partial charge in [-0.15, -0.1) is 0 Å². The Morgan fingerprint density at radius 1 is 1.18 bits per heavy atom. The van der Waals surface area contributed by atoms with Crippen molar-refractivity contribution in [2.24, 2.45) is 34.0 Å². The Morgan fingerprint density at radius 3 is 2.46 bits per heavy atom. The average Bonchev–Trinajstić information content (AvgIpc) is 3.13. The second-order valence-electron chi connectivity index (χ2n) is 13.5. The molecule has 216 valence electrons. The number of allylic oxidation sites excluding steroid dienone is 3. The zero-order chi connectivity index (χ0) is 29.0. The van der Waals surface area contributed by atoms with Gasteiger partial charge in [-0.2, -0.15) is 0 Å². The molecule has 2 N–H and O–H groups in total. The van der Waals surface area contributed by atoms with Gasteiger partial charge in [0.25, 0.3) is 0 Å². The van der Waals surface area contributed by atoms with Crippen molar-refractivity contribution >= 4 is 17.9 Å². The number of ether oxygens (including phenoxy) is 2. The molecule has 1 heterocycles. The van der Waals surface area contributed by atoms with Crippen LogP contribution < -0.4 is 0 Å². The first-order valence-corrected chi connectivity index (χ1v) is 14.4. The van der Waals surface area contributed by atoms with E-state index in [0.29, 0.717) is 17.9 Å². The number of aliphatic carboxylic acids is 1. The summed E-state index contributed by atoms with van der Waals surface area (Å²) in [5, 5.41) is 21.0. The predicted octanol–water partition coefficient (Wildman–Crippen LogP) is 5.77. The van der Waals surface area contributed by atoms with Gasteiger partial charge in [0.05, 0.1) is 5.60 Å². The number of hydrogen-bond donors (Lipinski definition) is 2. The molecule has 0 aromatic rings. The molecule has 1 fully saturated rings. The Kier molecular flexibility index (Phi) is 7.74. The van der Waals surface area contributed by atoms with Crippen LogP contribution in [0.25, 0.3) is 0 Å². The first kappa shape index (κ1) is 29.6. The van der Waals surface area contributed by atoms with Crippen molar-refractivity contribution in [1.29, 1.82) is 0 Å². The van der Waals surface area contributed by atoms with Gasteiger partial charge in [0.15, 0.2) is 0 Å². The van der Waals surface area contributed by atoms with Crippen LogP contribution >= 0.6 is 0 Å². The van der Waals surface area contributed by atoms with E-state index in [2.05, 4.69) is 32.9 Å². The molecule has 1 aliphatic heterocycles. The lowest BCUT2D eigenvalue weighted by Gasteiger charge is -2.58. The molecular weight excluding hydrogens is 496 g/mol. The van der Waals surface area contributed by atoms with Crippen LogP contribution in [-0.2, 0) is 23.9 Å². The Hall–Kier alpha value is -2.41. The van der Waals surface area contributed by atoms with Gasteiger partial charge in [0.2, 0.25) is 0 Å². The summed E-state index contributed by atoms with van der Waals surface area (Å²) in [6, 6.07) is 0. The minimum absolute atomic E-state index is 0.0454. The van der Waals surface area contributed by atoms with Crippen molar-refractivity contribution in [3.63, 3.8) is 0 Å². The topological polar surface area (TPSA) is 110 Å². The van der Waals surface area contributed by atoms with Crippen LogP contribution in [0.1, 0.15) is 93.4 Å². The maximum absolute atomic E-state index is 12.3. The third kappa shape index (κ3) is 4.89. The van der Waals surface area contributed by atoms with Crippen LogP contribution in [0.4, 0.5) is 0 Å². The Morgan fingerprint density at radius 2 is 1.87 bits per heavy atom. The van der Waals surface area contributed by atoms with E-state index in [9.17, 15) is 24.6 Å². The van der Waals surface area contributed by atoms with E-state index < -0.39 is 23.0 Å². The highest BCUT2D eigenvalue weighted by Crippen LogP contribution is 2.70. The Bertz CT molecular complexity index is 1100. The number of fused-ring (bicyclic) bond motifs is 3. The number of hydrogen-bond acceptors (Lipinski definition) is 6. The van der Waals surface area contributed by atoms with Crippen LogP contribution in [0.2, 0.25) is 0 Å². The van der Waals surface area contributed by atoms with E-state index in [1.165, 1.54) is 12.5 Å². The fourth-order valence-corrected chi connectivity index (χ4v) is 8.62. The van der Waals surface area contributed by atoms with Gasteiger partial charge in [0, 0.05) is 36.7 Å². The molecule has 0 amide bonds. The Labute approximate surface area is 232 Å². The lowest BCUT2D eigenvalue weighted by molar-refractivity contribution is -0.150. The first-order chi connectivity index (χ1) is 18.1. The van der Waals surface area contributed by atoms with Crippen LogP contribution in [0.5, 0.6) is 0 Å². The van der Waals surface area contributed by atoms with E-state index in [0.717, 1.165) is 31.3 Å². The summed E-state index contributed by atoms with van der Waals surface area (Å²) in [5.74, 6) is -1.33. The molecule has 3 aliphatic carbocycles. The number of carboxylic acid groups (broad SMARTS) is 1. The van der Waals surface area contributed by atoms with E-state index >= 15 is 0 Å². The molecule has 7 atom stereocenters. The van der Waals surface area contributed by atoms with Crippen LogP contribution in [-0.4, -0.2) is 46.4 Å². The second-order valence-corrected chi connectivity index (χ2v) is 13.5. The van der Waals surface area contributed by atoms with Crippen molar-refractivity contribution in [1.82, 2.24) is 0 Å². The summed E-state index contributed by atoms with van der Waals surface area (Å²) < 4.78 is 11.5. The van der Waals surface area contributed by atoms with Gasteiger partial charge in [-0.3, -0.25) is 9.59 Å². The zero-order valence-corrected chi connectivity index (χ0v) is 24.6. The number of cyclic esters (lactones) is 1. The van der Waals surface area contributed by atoms with Crippen molar-refractivity contribution in [2.75, 3.05) is 6.61 Å². The number of esters is 2. The standard InChI is InChI=1S/C32H46O7/c1-19-8-10-25(39-28(19)36)20(2)22-12-15-31(7)23-9-11-26(29(4,5)37)32(17-14-27(34)35,18-38-21(3)33)24(23)13-16-30(22,31)6/h8-9,13,20,22,25-26,37H,10-12,14-18H2,1-7H3,(H,34,35). The molecule has 39 heavy (non-hydrogen) atoms. The van der Waals surface area contributed by atoms with Gasteiger partial charge >= 0.3 is 17.9 Å². The molecule has 0 saturated heterocycles. The molecule has 7 unspecified atom stereocenters. The minimum atomic E-state index is -1.10. The van der Waals surface area contributed by atoms with Crippen molar-refractivity contribution in [3.05, 3.63) is 34.9 Å². The molecule has 0 aromatic heterocycles. The molecule has 7 heteroatoms. The summed E-state index contributed by atoms with van der Waals surface area (Å²) in [4.78, 5) is 36.2. The molecule has 0 aromatic carbocycles. The highest BCUT2D eigenvalue weighted by atomic mass is 16.5. The van der Waals surface area contributed by atoms with Crippen molar-refractivity contribution < 1.29 is 34.1 Å². The monoisotopic (exact) mass is 542 g/mol. The molecule has 0 radical (unpaired) electrons. The number of rotatable bonds is 8. The maximum Gasteiger partial charge on any atom is 0.333 e. The number of carbonyl (C=O) groups is 3. The van der Waals surface area contributed by atoms with Crippen molar-refractivity contribution in [2.45, 2.75) is 105 Å². The third-order valence-electron chi connectivity index (χ3n) is 11.0. The maximum atomic E-state index is 12.3. The Balaban J connectivity index is 1.77. The van der Waals surface area contributed by atoms with E-state index in [4.69, 9.17) is 9.47 Å². The normalized spacial score (nSPS) is 37.0. The van der Waals surface area contributed by atoms with Crippen LogP contribution in [0.15, 0.2) is 34.9 Å². The quantitative estimate of drug-likeness (QED) is 0.375. The molecule has 1 saturated carbocycles. The summed E-state index contributed by atoms with van der Waals surface area (Å²) in [5.41, 5.74) is 0.736.